The van der Waals surface area contributed by atoms with Gasteiger partial charge in [0.05, 0.1) is 18.6 Å². The van der Waals surface area contributed by atoms with Crippen molar-refractivity contribution in [3.8, 4) is 0 Å². The third kappa shape index (κ3) is 2.33. The van der Waals surface area contributed by atoms with Crippen molar-refractivity contribution in [2.75, 3.05) is 7.11 Å². The lowest BCUT2D eigenvalue weighted by molar-refractivity contribution is -0.163. The number of nitrogens with two attached hydrogens (primary N) is 1. The van der Waals surface area contributed by atoms with Crippen LogP contribution in [0.15, 0.2) is 0 Å². The van der Waals surface area contributed by atoms with E-state index in [0.29, 0.717) is 12.8 Å². The second-order valence-electron chi connectivity index (χ2n) is 3.52. The van der Waals surface area contributed by atoms with E-state index in [1.807, 2.05) is 0 Å². The normalized spacial score (nSPS) is 34.0. The Morgan fingerprint density at radius 1 is 1.69 bits per heavy atom. The largest absolute Gasteiger partial charge is 0.469 e. The Hall–Kier alpha value is -0.320. The van der Waals surface area contributed by atoms with Gasteiger partial charge < -0.3 is 15.6 Å². The molecule has 0 aromatic carbocycles. The first kappa shape index (κ1) is 12.7. The number of carbonyl (C=O) groups is 1. The number of rotatable bonds is 2. The summed E-state index contributed by atoms with van der Waals surface area (Å²) in [4.78, 5) is 10.9. The minimum atomic E-state index is -0.848. The van der Waals surface area contributed by atoms with Crippen LogP contribution in [-0.2, 0) is 9.53 Å². The molecular weight excluding hydrogens is 194 g/mol. The molecule has 78 valence electrons. The number of hydrogen-bond donors (Lipinski definition) is 2. The van der Waals surface area contributed by atoms with Gasteiger partial charge in [-0.1, -0.05) is 0 Å². The first-order valence-corrected chi connectivity index (χ1v) is 4.05. The van der Waals surface area contributed by atoms with E-state index in [1.165, 1.54) is 7.11 Å². The number of ether oxygens (including phenoxy) is 1. The summed E-state index contributed by atoms with van der Waals surface area (Å²) >= 11 is 0. The van der Waals surface area contributed by atoms with E-state index in [2.05, 4.69) is 4.74 Å². The summed E-state index contributed by atoms with van der Waals surface area (Å²) in [6.45, 7) is 1.74. The number of hydrogen-bond acceptors (Lipinski definition) is 4. The third-order valence-electron chi connectivity index (χ3n) is 2.58. The molecular formula is C8H16ClNO3. The molecule has 0 radical (unpaired) electrons. The zero-order valence-corrected chi connectivity index (χ0v) is 8.63. The molecule has 0 aromatic heterocycles. The van der Waals surface area contributed by atoms with Gasteiger partial charge in [-0.2, -0.15) is 0 Å². The molecule has 13 heavy (non-hydrogen) atoms. The number of methoxy groups -OCH3 is 1. The Labute approximate surface area is 83.9 Å². The molecule has 1 atom stereocenters. The van der Waals surface area contributed by atoms with E-state index in [4.69, 9.17) is 5.73 Å². The zero-order valence-electron chi connectivity index (χ0n) is 7.82. The predicted molar refractivity (Wildman–Crippen MR) is 50.6 cm³/mol. The van der Waals surface area contributed by atoms with Crippen molar-refractivity contribution in [3.05, 3.63) is 0 Å². The Morgan fingerprint density at radius 3 is 2.46 bits per heavy atom. The molecule has 0 heterocycles. The van der Waals surface area contributed by atoms with Crippen molar-refractivity contribution in [2.24, 2.45) is 11.7 Å². The summed E-state index contributed by atoms with van der Waals surface area (Å²) < 4.78 is 4.54. The Kier molecular flexibility index (Phi) is 4.16. The number of halogens is 1. The summed E-state index contributed by atoms with van der Waals surface area (Å²) in [5.41, 5.74) is 4.69. The second kappa shape index (κ2) is 4.26. The van der Waals surface area contributed by atoms with Gasteiger partial charge in [0.25, 0.3) is 0 Å². The predicted octanol–water partition coefficient (Wildman–Crippen LogP) is 0.0695. The first-order valence-electron chi connectivity index (χ1n) is 4.05. The molecule has 0 saturated heterocycles. The van der Waals surface area contributed by atoms with Crippen molar-refractivity contribution in [1.82, 2.24) is 0 Å². The highest BCUT2D eigenvalue weighted by molar-refractivity contribution is 5.85. The van der Waals surface area contributed by atoms with Crippen LogP contribution in [0.2, 0.25) is 0 Å². The summed E-state index contributed by atoms with van der Waals surface area (Å²) in [6, 6.07) is -0.279. The van der Waals surface area contributed by atoms with Gasteiger partial charge in [0.1, 0.15) is 0 Å². The minimum Gasteiger partial charge on any atom is -0.469 e. The monoisotopic (exact) mass is 209 g/mol. The fourth-order valence-electron chi connectivity index (χ4n) is 1.50. The highest BCUT2D eigenvalue weighted by Gasteiger charge is 2.48. The van der Waals surface area contributed by atoms with Crippen LogP contribution in [0, 0.1) is 5.92 Å². The van der Waals surface area contributed by atoms with Gasteiger partial charge in [-0.05, 0) is 19.8 Å². The van der Waals surface area contributed by atoms with Crippen LogP contribution < -0.4 is 5.73 Å². The van der Waals surface area contributed by atoms with Gasteiger partial charge in [-0.15, -0.1) is 12.4 Å². The zero-order chi connectivity index (χ0) is 9.35. The van der Waals surface area contributed by atoms with E-state index in [-0.39, 0.29) is 30.3 Å². The molecule has 3 N–H and O–H groups in total. The van der Waals surface area contributed by atoms with Crippen molar-refractivity contribution < 1.29 is 14.6 Å². The van der Waals surface area contributed by atoms with Crippen LogP contribution in [0.5, 0.6) is 0 Å². The number of carbonyl (C=O) groups excluding carboxylic acids is 1. The van der Waals surface area contributed by atoms with Gasteiger partial charge in [0, 0.05) is 6.04 Å². The van der Waals surface area contributed by atoms with Crippen LogP contribution in [0.1, 0.15) is 19.8 Å². The van der Waals surface area contributed by atoms with E-state index in [9.17, 15) is 9.90 Å². The van der Waals surface area contributed by atoms with Crippen LogP contribution in [0.25, 0.3) is 0 Å². The quantitative estimate of drug-likeness (QED) is 0.632. The van der Waals surface area contributed by atoms with Crippen LogP contribution >= 0.6 is 12.4 Å². The lowest BCUT2D eigenvalue weighted by Crippen LogP contribution is -2.57. The topological polar surface area (TPSA) is 72.5 Å². The maximum atomic E-state index is 10.9. The maximum absolute atomic E-state index is 10.9. The summed E-state index contributed by atoms with van der Waals surface area (Å²) in [5, 5.41) is 9.67. The van der Waals surface area contributed by atoms with E-state index in [0.717, 1.165) is 0 Å². The molecule has 1 aliphatic carbocycles. The first-order chi connectivity index (χ1) is 5.49. The Morgan fingerprint density at radius 2 is 2.15 bits per heavy atom. The average Bonchev–Trinajstić information content (AvgIpc) is 1.96. The summed E-state index contributed by atoms with van der Waals surface area (Å²) in [5.74, 6) is -0.411. The fourth-order valence-corrected chi connectivity index (χ4v) is 1.50. The van der Waals surface area contributed by atoms with Crippen LogP contribution in [-0.4, -0.2) is 29.8 Å². The van der Waals surface area contributed by atoms with Crippen molar-refractivity contribution in [2.45, 2.75) is 31.4 Å². The van der Waals surface area contributed by atoms with E-state index < -0.39 is 5.60 Å². The maximum Gasteiger partial charge on any atom is 0.308 e. The minimum absolute atomic E-state index is 0. The van der Waals surface area contributed by atoms with Crippen LogP contribution in [0.4, 0.5) is 0 Å². The molecule has 1 aliphatic rings. The van der Waals surface area contributed by atoms with Crippen molar-refractivity contribution >= 4 is 18.4 Å². The highest BCUT2D eigenvalue weighted by Crippen LogP contribution is 2.40. The number of esters is 1. The van der Waals surface area contributed by atoms with E-state index >= 15 is 0 Å². The smallest absolute Gasteiger partial charge is 0.308 e. The molecule has 0 amide bonds. The van der Waals surface area contributed by atoms with Crippen LogP contribution in [0.3, 0.4) is 0 Å². The van der Waals surface area contributed by atoms with Gasteiger partial charge in [-0.25, -0.2) is 0 Å². The van der Waals surface area contributed by atoms with Gasteiger partial charge in [-0.3, -0.25) is 4.79 Å². The second-order valence-corrected chi connectivity index (χ2v) is 3.52. The van der Waals surface area contributed by atoms with E-state index in [1.54, 1.807) is 6.92 Å². The SMILES string of the molecule is COC(=O)C1CC(O)(C(C)N)C1.Cl. The molecule has 0 aromatic rings. The lowest BCUT2D eigenvalue weighted by Gasteiger charge is -2.44. The highest BCUT2D eigenvalue weighted by atomic mass is 35.5. The molecule has 0 spiro atoms. The summed E-state index contributed by atoms with van der Waals surface area (Å²) in [6.07, 6.45) is 0.856. The summed E-state index contributed by atoms with van der Waals surface area (Å²) in [7, 11) is 1.35. The molecule has 1 unspecified atom stereocenters. The van der Waals surface area contributed by atoms with Crippen molar-refractivity contribution in [3.63, 3.8) is 0 Å². The lowest BCUT2D eigenvalue weighted by atomic mass is 9.67. The fraction of sp³-hybridized carbons (Fsp3) is 0.875. The van der Waals surface area contributed by atoms with Gasteiger partial charge in [0.15, 0.2) is 0 Å². The Bertz CT molecular complexity index is 190. The molecule has 1 saturated carbocycles. The molecule has 5 heteroatoms. The van der Waals surface area contributed by atoms with Gasteiger partial charge in [0.2, 0.25) is 0 Å². The molecule has 4 nitrogen and oxygen atoms in total. The molecule has 0 bridgehead atoms. The van der Waals surface area contributed by atoms with Crippen molar-refractivity contribution in [1.29, 1.82) is 0 Å². The molecule has 1 rings (SSSR count). The molecule has 0 aliphatic heterocycles. The average molecular weight is 210 g/mol. The Balaban J connectivity index is 0.00000144. The standard InChI is InChI=1S/C8H15NO3.ClH/c1-5(9)8(11)3-6(4-8)7(10)12-2;/h5-6,11H,3-4,9H2,1-2H3;1H. The number of aliphatic hydroxyl groups is 1. The third-order valence-corrected chi connectivity index (χ3v) is 2.58. The molecule has 1 fully saturated rings. The van der Waals surface area contributed by atoms with Gasteiger partial charge >= 0.3 is 5.97 Å².